The second-order valence-electron chi connectivity index (χ2n) is 3.67. The zero-order valence-corrected chi connectivity index (χ0v) is 9.27. The molecule has 2 nitrogen and oxygen atoms in total. The average molecular weight is 214 g/mol. The molecule has 0 fully saturated rings. The molecule has 2 heteroatoms. The van der Waals surface area contributed by atoms with Crippen LogP contribution >= 0.6 is 0 Å². The zero-order chi connectivity index (χ0) is 11.4. The summed E-state index contributed by atoms with van der Waals surface area (Å²) in [5.41, 5.74) is 0.618. The van der Waals surface area contributed by atoms with E-state index in [1.807, 2.05) is 37.3 Å². The number of carbonyl (C=O) groups excluding carboxylic acids is 1. The van der Waals surface area contributed by atoms with E-state index in [4.69, 9.17) is 4.74 Å². The fourth-order valence-corrected chi connectivity index (χ4v) is 1.72. The first-order valence-corrected chi connectivity index (χ1v) is 5.46. The van der Waals surface area contributed by atoms with Gasteiger partial charge in [0.05, 0.1) is 12.2 Å². The van der Waals surface area contributed by atoms with Crippen LogP contribution < -0.4 is 4.74 Å². The van der Waals surface area contributed by atoms with Crippen molar-refractivity contribution >= 4 is 17.1 Å². The fourth-order valence-electron chi connectivity index (χ4n) is 1.72. The van der Waals surface area contributed by atoms with Crippen molar-refractivity contribution in [3.8, 4) is 5.75 Å². The Kier molecular flexibility index (Phi) is 3.20. The van der Waals surface area contributed by atoms with Gasteiger partial charge >= 0.3 is 0 Å². The van der Waals surface area contributed by atoms with Gasteiger partial charge in [-0.25, -0.2) is 0 Å². The van der Waals surface area contributed by atoms with Gasteiger partial charge in [-0.3, -0.25) is 4.79 Å². The monoisotopic (exact) mass is 214 g/mol. The minimum atomic E-state index is 0.618. The average Bonchev–Trinajstić information content (AvgIpc) is 2.35. The largest absolute Gasteiger partial charge is 0.492 e. The van der Waals surface area contributed by atoms with Crippen LogP contribution in [0.2, 0.25) is 0 Å². The molecule has 0 aliphatic heterocycles. The van der Waals surface area contributed by atoms with Crippen LogP contribution in [0.15, 0.2) is 36.4 Å². The number of aldehydes is 1. The lowest BCUT2D eigenvalue weighted by molar-refractivity contribution is 0.112. The SMILES string of the molecule is CCCOc1c(C=O)ccc2ccccc12. The second kappa shape index (κ2) is 4.79. The molecule has 0 atom stereocenters. The van der Waals surface area contributed by atoms with E-state index in [0.29, 0.717) is 17.9 Å². The Labute approximate surface area is 94.8 Å². The number of ether oxygens (including phenoxy) is 1. The molecule has 0 saturated heterocycles. The van der Waals surface area contributed by atoms with Gasteiger partial charge in [0.1, 0.15) is 5.75 Å². The summed E-state index contributed by atoms with van der Waals surface area (Å²) in [7, 11) is 0. The minimum absolute atomic E-state index is 0.618. The fraction of sp³-hybridized carbons (Fsp3) is 0.214. The number of rotatable bonds is 4. The Bertz CT molecular complexity index is 503. The van der Waals surface area contributed by atoms with Gasteiger partial charge in [-0.05, 0) is 17.9 Å². The normalized spacial score (nSPS) is 10.3. The summed E-state index contributed by atoms with van der Waals surface area (Å²) in [5.74, 6) is 0.704. The van der Waals surface area contributed by atoms with Crippen LogP contribution in [0.3, 0.4) is 0 Å². The van der Waals surface area contributed by atoms with Gasteiger partial charge in [-0.1, -0.05) is 37.3 Å². The first kappa shape index (κ1) is 10.7. The highest BCUT2D eigenvalue weighted by Crippen LogP contribution is 2.28. The first-order valence-electron chi connectivity index (χ1n) is 5.46. The molecule has 16 heavy (non-hydrogen) atoms. The molecule has 0 N–H and O–H groups in total. The highest BCUT2D eigenvalue weighted by Gasteiger charge is 2.07. The maximum atomic E-state index is 11.0. The molecule has 0 heterocycles. The van der Waals surface area contributed by atoms with Gasteiger partial charge in [0.2, 0.25) is 0 Å². The molecule has 0 radical (unpaired) electrons. The molecule has 0 aromatic heterocycles. The molecule has 0 unspecified atom stereocenters. The third-order valence-corrected chi connectivity index (χ3v) is 2.49. The number of fused-ring (bicyclic) bond motifs is 1. The van der Waals surface area contributed by atoms with Crippen LogP contribution in [0.25, 0.3) is 10.8 Å². The summed E-state index contributed by atoms with van der Waals surface area (Å²) in [6, 6.07) is 11.7. The number of hydrogen-bond donors (Lipinski definition) is 0. The van der Waals surface area contributed by atoms with Crippen molar-refractivity contribution in [3.63, 3.8) is 0 Å². The van der Waals surface area contributed by atoms with Crippen molar-refractivity contribution < 1.29 is 9.53 Å². The van der Waals surface area contributed by atoms with Crippen LogP contribution in [0.1, 0.15) is 23.7 Å². The Morgan fingerprint density at radius 3 is 2.75 bits per heavy atom. The summed E-state index contributed by atoms with van der Waals surface area (Å²) in [6.45, 7) is 2.68. The Morgan fingerprint density at radius 1 is 1.19 bits per heavy atom. The lowest BCUT2D eigenvalue weighted by Gasteiger charge is -2.10. The van der Waals surface area contributed by atoms with E-state index in [1.54, 1.807) is 6.07 Å². The smallest absolute Gasteiger partial charge is 0.153 e. The van der Waals surface area contributed by atoms with Gasteiger partial charge in [0.25, 0.3) is 0 Å². The minimum Gasteiger partial charge on any atom is -0.492 e. The summed E-state index contributed by atoms with van der Waals surface area (Å²) in [4.78, 5) is 11.0. The standard InChI is InChI=1S/C14H14O2/c1-2-9-16-14-12(10-15)8-7-11-5-3-4-6-13(11)14/h3-8,10H,2,9H2,1H3. The maximum absolute atomic E-state index is 11.0. The predicted molar refractivity (Wildman–Crippen MR) is 65.1 cm³/mol. The van der Waals surface area contributed by atoms with E-state index in [2.05, 4.69) is 0 Å². The zero-order valence-electron chi connectivity index (χ0n) is 9.27. The molecule has 0 aliphatic rings. The topological polar surface area (TPSA) is 26.3 Å². The molecule has 2 aromatic rings. The van der Waals surface area contributed by atoms with E-state index < -0.39 is 0 Å². The lowest BCUT2D eigenvalue weighted by Crippen LogP contribution is -1.99. The molecule has 0 saturated carbocycles. The Hall–Kier alpha value is -1.83. The van der Waals surface area contributed by atoms with Gasteiger partial charge in [0, 0.05) is 5.39 Å². The molecule has 2 rings (SSSR count). The van der Waals surface area contributed by atoms with Gasteiger partial charge < -0.3 is 4.74 Å². The van der Waals surface area contributed by atoms with E-state index in [9.17, 15) is 4.79 Å². The van der Waals surface area contributed by atoms with E-state index in [0.717, 1.165) is 23.5 Å². The summed E-state index contributed by atoms with van der Waals surface area (Å²) >= 11 is 0. The molecular formula is C14H14O2. The van der Waals surface area contributed by atoms with Crippen molar-refractivity contribution in [2.75, 3.05) is 6.61 Å². The quantitative estimate of drug-likeness (QED) is 0.729. The number of benzene rings is 2. The highest BCUT2D eigenvalue weighted by atomic mass is 16.5. The Morgan fingerprint density at radius 2 is 2.00 bits per heavy atom. The van der Waals surface area contributed by atoms with E-state index in [1.165, 1.54) is 0 Å². The van der Waals surface area contributed by atoms with Crippen LogP contribution in [-0.4, -0.2) is 12.9 Å². The van der Waals surface area contributed by atoms with Crippen LogP contribution in [-0.2, 0) is 0 Å². The molecule has 0 spiro atoms. The molecule has 82 valence electrons. The van der Waals surface area contributed by atoms with Crippen LogP contribution in [0, 0.1) is 0 Å². The second-order valence-corrected chi connectivity index (χ2v) is 3.67. The molecule has 2 aromatic carbocycles. The summed E-state index contributed by atoms with van der Waals surface area (Å²) in [5, 5.41) is 2.10. The van der Waals surface area contributed by atoms with E-state index >= 15 is 0 Å². The van der Waals surface area contributed by atoms with Crippen molar-refractivity contribution in [1.29, 1.82) is 0 Å². The van der Waals surface area contributed by atoms with Crippen molar-refractivity contribution in [1.82, 2.24) is 0 Å². The summed E-state index contributed by atoms with van der Waals surface area (Å²) in [6.07, 6.45) is 1.78. The third kappa shape index (κ3) is 1.91. The molecule has 0 bridgehead atoms. The summed E-state index contributed by atoms with van der Waals surface area (Å²) < 4.78 is 5.66. The number of carbonyl (C=O) groups is 1. The van der Waals surface area contributed by atoms with Crippen molar-refractivity contribution in [3.05, 3.63) is 42.0 Å². The third-order valence-electron chi connectivity index (χ3n) is 2.49. The van der Waals surface area contributed by atoms with Crippen molar-refractivity contribution in [2.24, 2.45) is 0 Å². The van der Waals surface area contributed by atoms with Gasteiger partial charge in [-0.15, -0.1) is 0 Å². The molecule has 0 aliphatic carbocycles. The number of hydrogen-bond acceptors (Lipinski definition) is 2. The lowest BCUT2D eigenvalue weighted by atomic mass is 10.1. The first-order chi connectivity index (χ1) is 7.86. The van der Waals surface area contributed by atoms with Gasteiger partial charge in [-0.2, -0.15) is 0 Å². The molecule has 0 amide bonds. The van der Waals surface area contributed by atoms with Crippen LogP contribution in [0.4, 0.5) is 0 Å². The predicted octanol–water partition coefficient (Wildman–Crippen LogP) is 3.44. The van der Waals surface area contributed by atoms with E-state index in [-0.39, 0.29) is 0 Å². The maximum Gasteiger partial charge on any atom is 0.153 e. The van der Waals surface area contributed by atoms with Crippen LogP contribution in [0.5, 0.6) is 5.75 Å². The van der Waals surface area contributed by atoms with Gasteiger partial charge in [0.15, 0.2) is 6.29 Å². The highest BCUT2D eigenvalue weighted by molar-refractivity contribution is 5.96. The molecular weight excluding hydrogens is 200 g/mol. The van der Waals surface area contributed by atoms with Crippen molar-refractivity contribution in [2.45, 2.75) is 13.3 Å². The Balaban J connectivity index is 2.58.